The highest BCUT2D eigenvalue weighted by molar-refractivity contribution is 5.18. The Hall–Kier alpha value is -0.860. The van der Waals surface area contributed by atoms with Gasteiger partial charge in [0.25, 0.3) is 0 Å². The molecule has 0 aliphatic heterocycles. The molecule has 0 spiro atoms. The van der Waals surface area contributed by atoms with E-state index >= 15 is 0 Å². The molecule has 0 heterocycles. The third kappa shape index (κ3) is 4.77. The lowest BCUT2D eigenvalue weighted by atomic mass is 10.0. The maximum Gasteiger partial charge on any atom is 0.0587 e. The van der Waals surface area contributed by atoms with Crippen LogP contribution in [0, 0.1) is 0 Å². The topological polar surface area (TPSA) is 21.3 Å². The molecule has 2 heteroatoms. The van der Waals surface area contributed by atoms with Gasteiger partial charge in [0.1, 0.15) is 0 Å². The molecule has 0 aliphatic carbocycles. The first-order valence-electron chi connectivity index (χ1n) is 6.15. The molecule has 0 aliphatic rings. The minimum Gasteiger partial charge on any atom is -0.383 e. The average molecular weight is 221 g/mol. The fourth-order valence-electron chi connectivity index (χ4n) is 1.82. The summed E-state index contributed by atoms with van der Waals surface area (Å²) in [4.78, 5) is 0. The van der Waals surface area contributed by atoms with Crippen LogP contribution in [0.1, 0.15) is 37.8 Å². The first-order valence-corrected chi connectivity index (χ1v) is 6.15. The van der Waals surface area contributed by atoms with Gasteiger partial charge in [0.05, 0.1) is 6.61 Å². The maximum atomic E-state index is 5.07. The molecule has 1 unspecified atom stereocenters. The van der Waals surface area contributed by atoms with Crippen molar-refractivity contribution in [3.63, 3.8) is 0 Å². The zero-order valence-electron chi connectivity index (χ0n) is 10.4. The zero-order valence-corrected chi connectivity index (χ0v) is 10.4. The van der Waals surface area contributed by atoms with E-state index in [0.29, 0.717) is 6.04 Å². The molecule has 16 heavy (non-hydrogen) atoms. The number of hydrogen-bond acceptors (Lipinski definition) is 2. The molecule has 1 rings (SSSR count). The first kappa shape index (κ1) is 13.2. The summed E-state index contributed by atoms with van der Waals surface area (Å²) in [5, 5.41) is 3.55. The Kier molecular flexibility index (Phi) is 6.86. The third-order valence-corrected chi connectivity index (χ3v) is 2.75. The fraction of sp³-hybridized carbons (Fsp3) is 0.571. The van der Waals surface area contributed by atoms with Crippen LogP contribution < -0.4 is 5.32 Å². The van der Waals surface area contributed by atoms with Crippen LogP contribution in [0.15, 0.2) is 30.3 Å². The molecule has 0 aromatic heterocycles. The van der Waals surface area contributed by atoms with Gasteiger partial charge in [-0.1, -0.05) is 50.1 Å². The van der Waals surface area contributed by atoms with Crippen molar-refractivity contribution in [2.24, 2.45) is 0 Å². The summed E-state index contributed by atoms with van der Waals surface area (Å²) in [5.41, 5.74) is 1.38. The minimum atomic E-state index is 0.469. The Bertz CT molecular complexity index is 261. The molecule has 2 nitrogen and oxygen atoms in total. The van der Waals surface area contributed by atoms with Gasteiger partial charge in [-0.25, -0.2) is 0 Å². The number of hydrogen-bond donors (Lipinski definition) is 1. The van der Waals surface area contributed by atoms with Gasteiger partial charge in [0.2, 0.25) is 0 Å². The fourth-order valence-corrected chi connectivity index (χ4v) is 1.82. The summed E-state index contributed by atoms with van der Waals surface area (Å²) in [6, 6.07) is 11.1. The SMILES string of the molecule is CCCCC(NCCOC)c1ccccc1. The van der Waals surface area contributed by atoms with E-state index in [1.54, 1.807) is 7.11 Å². The van der Waals surface area contributed by atoms with Crippen molar-refractivity contribution >= 4 is 0 Å². The molecule has 0 saturated carbocycles. The lowest BCUT2D eigenvalue weighted by Crippen LogP contribution is -2.25. The monoisotopic (exact) mass is 221 g/mol. The second-order valence-electron chi connectivity index (χ2n) is 4.05. The van der Waals surface area contributed by atoms with Crippen LogP contribution in [0.5, 0.6) is 0 Å². The number of nitrogens with one attached hydrogen (secondary N) is 1. The van der Waals surface area contributed by atoms with E-state index in [9.17, 15) is 0 Å². The number of methoxy groups -OCH3 is 1. The smallest absolute Gasteiger partial charge is 0.0587 e. The number of rotatable bonds is 8. The predicted octanol–water partition coefficient (Wildman–Crippen LogP) is 3.15. The van der Waals surface area contributed by atoms with E-state index in [1.807, 2.05) is 0 Å². The standard InChI is InChI=1S/C14H23NO/c1-3-4-10-14(15-11-12-16-2)13-8-6-5-7-9-13/h5-9,14-15H,3-4,10-12H2,1-2H3. The summed E-state index contributed by atoms with van der Waals surface area (Å²) in [6.45, 7) is 3.92. The van der Waals surface area contributed by atoms with Crippen molar-refractivity contribution < 1.29 is 4.74 Å². The van der Waals surface area contributed by atoms with Crippen LogP contribution >= 0.6 is 0 Å². The molecular weight excluding hydrogens is 198 g/mol. The van der Waals surface area contributed by atoms with Crippen LogP contribution in [0.2, 0.25) is 0 Å². The van der Waals surface area contributed by atoms with E-state index in [0.717, 1.165) is 13.2 Å². The summed E-state index contributed by atoms with van der Waals surface area (Å²) >= 11 is 0. The van der Waals surface area contributed by atoms with Gasteiger partial charge in [0, 0.05) is 19.7 Å². The lowest BCUT2D eigenvalue weighted by Gasteiger charge is -2.18. The van der Waals surface area contributed by atoms with Crippen molar-refractivity contribution in [3.8, 4) is 0 Å². The minimum absolute atomic E-state index is 0.469. The second kappa shape index (κ2) is 8.31. The summed E-state index contributed by atoms with van der Waals surface area (Å²) in [7, 11) is 1.74. The van der Waals surface area contributed by atoms with Gasteiger partial charge in [0.15, 0.2) is 0 Å². The maximum absolute atomic E-state index is 5.07. The van der Waals surface area contributed by atoms with Crippen LogP contribution in [-0.4, -0.2) is 20.3 Å². The van der Waals surface area contributed by atoms with Crippen LogP contribution in [0.25, 0.3) is 0 Å². The molecule has 0 saturated heterocycles. The van der Waals surface area contributed by atoms with Crippen molar-refractivity contribution in [2.75, 3.05) is 20.3 Å². The summed E-state index contributed by atoms with van der Waals surface area (Å²) in [5.74, 6) is 0. The van der Waals surface area contributed by atoms with E-state index in [1.165, 1.54) is 24.8 Å². The molecular formula is C14H23NO. The molecule has 0 amide bonds. The van der Waals surface area contributed by atoms with E-state index in [4.69, 9.17) is 4.74 Å². The zero-order chi connectivity index (χ0) is 11.6. The quantitative estimate of drug-likeness (QED) is 0.681. The highest BCUT2D eigenvalue weighted by Crippen LogP contribution is 2.18. The van der Waals surface area contributed by atoms with E-state index in [2.05, 4.69) is 42.6 Å². The van der Waals surface area contributed by atoms with Gasteiger partial charge >= 0.3 is 0 Å². The molecule has 0 bridgehead atoms. The largest absolute Gasteiger partial charge is 0.383 e. The molecule has 90 valence electrons. The lowest BCUT2D eigenvalue weighted by molar-refractivity contribution is 0.195. The average Bonchev–Trinajstić information content (AvgIpc) is 2.35. The van der Waals surface area contributed by atoms with Crippen LogP contribution in [0.4, 0.5) is 0 Å². The van der Waals surface area contributed by atoms with Gasteiger partial charge in [-0.15, -0.1) is 0 Å². The summed E-state index contributed by atoms with van der Waals surface area (Å²) < 4.78 is 5.07. The van der Waals surface area contributed by atoms with Gasteiger partial charge in [-0.2, -0.15) is 0 Å². The Balaban J connectivity index is 2.49. The Morgan fingerprint density at radius 2 is 2.00 bits per heavy atom. The summed E-state index contributed by atoms with van der Waals surface area (Å²) in [6.07, 6.45) is 3.71. The highest BCUT2D eigenvalue weighted by Gasteiger charge is 2.08. The van der Waals surface area contributed by atoms with E-state index in [-0.39, 0.29) is 0 Å². The van der Waals surface area contributed by atoms with Gasteiger partial charge in [-0.05, 0) is 12.0 Å². The van der Waals surface area contributed by atoms with Crippen LogP contribution in [0.3, 0.4) is 0 Å². The van der Waals surface area contributed by atoms with Gasteiger partial charge in [-0.3, -0.25) is 0 Å². The van der Waals surface area contributed by atoms with Crippen molar-refractivity contribution in [3.05, 3.63) is 35.9 Å². The highest BCUT2D eigenvalue weighted by atomic mass is 16.5. The molecule has 1 atom stereocenters. The van der Waals surface area contributed by atoms with E-state index < -0.39 is 0 Å². The molecule has 1 N–H and O–H groups in total. The molecule has 1 aromatic rings. The molecule has 0 fully saturated rings. The number of unbranched alkanes of at least 4 members (excludes halogenated alkanes) is 1. The van der Waals surface area contributed by atoms with Crippen molar-refractivity contribution in [2.45, 2.75) is 32.2 Å². The predicted molar refractivity (Wildman–Crippen MR) is 68.6 cm³/mol. The Labute approximate surface area is 99.0 Å². The Morgan fingerprint density at radius 1 is 1.25 bits per heavy atom. The second-order valence-corrected chi connectivity index (χ2v) is 4.05. The van der Waals surface area contributed by atoms with Crippen LogP contribution in [-0.2, 0) is 4.74 Å². The normalized spacial score (nSPS) is 12.6. The number of benzene rings is 1. The Morgan fingerprint density at radius 3 is 2.62 bits per heavy atom. The number of ether oxygens (including phenoxy) is 1. The van der Waals surface area contributed by atoms with Crippen molar-refractivity contribution in [1.82, 2.24) is 5.32 Å². The molecule has 1 aromatic carbocycles. The third-order valence-electron chi connectivity index (χ3n) is 2.75. The van der Waals surface area contributed by atoms with Crippen molar-refractivity contribution in [1.29, 1.82) is 0 Å². The molecule has 0 radical (unpaired) electrons. The first-order chi connectivity index (χ1) is 7.88. The van der Waals surface area contributed by atoms with Gasteiger partial charge < -0.3 is 10.1 Å².